The number of aromatic nitrogens is 3. The molecular formula is C20H14Cl2F3N5OS. The van der Waals surface area contributed by atoms with Gasteiger partial charge in [-0.05, 0) is 36.6 Å². The Morgan fingerprint density at radius 3 is 2.59 bits per heavy atom. The fourth-order valence-corrected chi connectivity index (χ4v) is 4.38. The number of hydrogen-bond acceptors (Lipinski definition) is 4. The SMILES string of the molecule is Cn1c(SC(F)(F)F)cc(Cl)c1-n1cc(-c2ccc(Cl)c(C(=O)NC3(C#N)CC3)c2)cn1. The largest absolute Gasteiger partial charge is 0.447 e. The Balaban J connectivity index is 1.64. The summed E-state index contributed by atoms with van der Waals surface area (Å²) in [5, 5.41) is 16.4. The summed E-state index contributed by atoms with van der Waals surface area (Å²) in [7, 11) is 1.46. The van der Waals surface area contributed by atoms with Gasteiger partial charge in [0.05, 0.1) is 32.9 Å². The van der Waals surface area contributed by atoms with E-state index >= 15 is 0 Å². The molecular weight excluding hydrogens is 486 g/mol. The fourth-order valence-electron chi connectivity index (χ4n) is 3.15. The molecule has 1 amide bonds. The second-order valence-corrected chi connectivity index (χ2v) is 9.18. The van der Waals surface area contributed by atoms with Crippen LogP contribution in [0.4, 0.5) is 13.2 Å². The average Bonchev–Trinajstić information content (AvgIpc) is 3.22. The van der Waals surface area contributed by atoms with Crippen LogP contribution in [0.15, 0.2) is 41.7 Å². The summed E-state index contributed by atoms with van der Waals surface area (Å²) in [5.41, 5.74) is -3.87. The summed E-state index contributed by atoms with van der Waals surface area (Å²) in [6.07, 6.45) is 4.27. The standard InChI is InChI=1S/C20H14Cl2F3N5OS/c1-29-16(32-20(23,24)25)7-15(22)18(29)30-9-12(8-27-30)11-2-3-14(21)13(6-11)17(31)28-19(10-26)4-5-19/h2-3,6-9H,4-5H2,1H3,(H,28,31). The van der Waals surface area contributed by atoms with Crippen molar-refractivity contribution >= 4 is 40.9 Å². The molecule has 1 saturated carbocycles. The van der Waals surface area contributed by atoms with Gasteiger partial charge in [-0.15, -0.1) is 0 Å². The van der Waals surface area contributed by atoms with E-state index in [4.69, 9.17) is 23.2 Å². The van der Waals surface area contributed by atoms with Gasteiger partial charge in [-0.2, -0.15) is 23.5 Å². The number of rotatable bonds is 5. The normalized spacial score (nSPS) is 14.8. The molecule has 2 heterocycles. The minimum atomic E-state index is -4.45. The van der Waals surface area contributed by atoms with Crippen LogP contribution in [0, 0.1) is 11.3 Å². The second-order valence-electron chi connectivity index (χ2n) is 7.28. The maximum absolute atomic E-state index is 12.8. The molecule has 1 aliphatic rings. The molecule has 4 rings (SSSR count). The lowest BCUT2D eigenvalue weighted by molar-refractivity contribution is -0.0330. The Labute approximate surface area is 194 Å². The van der Waals surface area contributed by atoms with Gasteiger partial charge < -0.3 is 9.88 Å². The Morgan fingerprint density at radius 1 is 1.25 bits per heavy atom. The van der Waals surface area contributed by atoms with E-state index in [1.807, 2.05) is 0 Å². The molecule has 1 N–H and O–H groups in total. The third-order valence-electron chi connectivity index (χ3n) is 4.99. The lowest BCUT2D eigenvalue weighted by Gasteiger charge is -2.11. The summed E-state index contributed by atoms with van der Waals surface area (Å²) in [6, 6.07) is 8.14. The topological polar surface area (TPSA) is 75.6 Å². The molecule has 0 atom stereocenters. The molecule has 6 nitrogen and oxygen atoms in total. The first-order valence-electron chi connectivity index (χ1n) is 9.22. The zero-order chi connectivity index (χ0) is 23.3. The zero-order valence-corrected chi connectivity index (χ0v) is 18.7. The summed E-state index contributed by atoms with van der Waals surface area (Å²) < 4.78 is 41.0. The number of nitrogens with zero attached hydrogens (tertiary/aromatic N) is 4. The lowest BCUT2D eigenvalue weighted by Crippen LogP contribution is -2.35. The molecule has 0 aliphatic heterocycles. The number of amides is 1. The molecule has 2 aromatic heterocycles. The smallest absolute Gasteiger partial charge is 0.334 e. The first-order valence-corrected chi connectivity index (χ1v) is 10.8. The van der Waals surface area contributed by atoms with Gasteiger partial charge in [0.15, 0.2) is 5.82 Å². The van der Waals surface area contributed by atoms with Crippen molar-refractivity contribution in [2.75, 3.05) is 0 Å². The van der Waals surface area contributed by atoms with Crippen LogP contribution in [0.5, 0.6) is 0 Å². The number of hydrogen-bond donors (Lipinski definition) is 1. The van der Waals surface area contributed by atoms with E-state index in [2.05, 4.69) is 16.5 Å². The van der Waals surface area contributed by atoms with Gasteiger partial charge in [0, 0.05) is 30.6 Å². The first kappa shape index (κ1) is 22.6. The number of nitriles is 1. The van der Waals surface area contributed by atoms with Gasteiger partial charge in [0.2, 0.25) is 0 Å². The summed E-state index contributed by atoms with van der Waals surface area (Å²) >= 11 is 12.1. The highest BCUT2D eigenvalue weighted by Gasteiger charge is 2.45. The number of thioether (sulfide) groups is 1. The highest BCUT2D eigenvalue weighted by Crippen LogP contribution is 2.40. The molecule has 0 spiro atoms. The van der Waals surface area contributed by atoms with Gasteiger partial charge in [-0.3, -0.25) is 4.79 Å². The number of nitrogens with one attached hydrogen (secondary N) is 1. The monoisotopic (exact) mass is 499 g/mol. The van der Waals surface area contributed by atoms with Crippen molar-refractivity contribution in [3.05, 3.63) is 52.3 Å². The van der Waals surface area contributed by atoms with Crippen molar-refractivity contribution in [2.24, 2.45) is 7.05 Å². The van der Waals surface area contributed by atoms with Gasteiger partial charge in [0.25, 0.3) is 5.91 Å². The molecule has 166 valence electrons. The fraction of sp³-hybridized carbons (Fsp3) is 0.250. The van der Waals surface area contributed by atoms with Crippen LogP contribution in [-0.2, 0) is 7.05 Å². The van der Waals surface area contributed by atoms with E-state index in [9.17, 15) is 23.2 Å². The maximum atomic E-state index is 12.8. The third kappa shape index (κ3) is 4.46. The van der Waals surface area contributed by atoms with Crippen molar-refractivity contribution in [3.8, 4) is 23.0 Å². The highest BCUT2D eigenvalue weighted by molar-refractivity contribution is 8.00. The number of halogens is 5. The van der Waals surface area contributed by atoms with E-state index in [0.717, 1.165) is 0 Å². The van der Waals surface area contributed by atoms with Crippen LogP contribution in [-0.4, -0.2) is 31.3 Å². The van der Waals surface area contributed by atoms with E-state index in [1.54, 1.807) is 24.4 Å². The summed E-state index contributed by atoms with van der Waals surface area (Å²) in [5.74, 6) is -0.191. The predicted molar refractivity (Wildman–Crippen MR) is 115 cm³/mol. The lowest BCUT2D eigenvalue weighted by atomic mass is 10.1. The zero-order valence-electron chi connectivity index (χ0n) is 16.4. The van der Waals surface area contributed by atoms with Crippen molar-refractivity contribution in [1.29, 1.82) is 5.26 Å². The van der Waals surface area contributed by atoms with Crippen LogP contribution in [0.3, 0.4) is 0 Å². The second kappa shape index (κ2) is 8.06. The molecule has 0 unspecified atom stereocenters. The molecule has 0 radical (unpaired) electrons. The van der Waals surface area contributed by atoms with Gasteiger partial charge in [0.1, 0.15) is 5.54 Å². The Kier molecular flexibility index (Phi) is 5.69. The molecule has 1 aliphatic carbocycles. The minimum absolute atomic E-state index is 0.0773. The van der Waals surface area contributed by atoms with Gasteiger partial charge >= 0.3 is 5.51 Å². The molecule has 1 fully saturated rings. The van der Waals surface area contributed by atoms with Gasteiger partial charge in [-0.1, -0.05) is 29.3 Å². The van der Waals surface area contributed by atoms with E-state index in [1.165, 1.54) is 28.6 Å². The third-order valence-corrected chi connectivity index (χ3v) is 6.43. The molecule has 3 aromatic rings. The van der Waals surface area contributed by atoms with Crippen LogP contribution >= 0.6 is 35.0 Å². The molecule has 12 heteroatoms. The Hall–Kier alpha value is -2.61. The minimum Gasteiger partial charge on any atom is -0.334 e. The number of carbonyl (C=O) groups is 1. The molecule has 0 saturated heterocycles. The molecule has 32 heavy (non-hydrogen) atoms. The maximum Gasteiger partial charge on any atom is 0.447 e. The van der Waals surface area contributed by atoms with Crippen LogP contribution < -0.4 is 5.32 Å². The summed E-state index contributed by atoms with van der Waals surface area (Å²) in [6.45, 7) is 0. The highest BCUT2D eigenvalue weighted by atomic mass is 35.5. The van der Waals surface area contributed by atoms with Crippen LogP contribution in [0.2, 0.25) is 10.0 Å². The average molecular weight is 500 g/mol. The van der Waals surface area contributed by atoms with E-state index in [0.29, 0.717) is 24.0 Å². The Bertz CT molecular complexity index is 1260. The molecule has 1 aromatic carbocycles. The number of benzene rings is 1. The quantitative estimate of drug-likeness (QED) is 0.464. The Morgan fingerprint density at radius 2 is 1.97 bits per heavy atom. The number of alkyl halides is 3. The van der Waals surface area contributed by atoms with E-state index in [-0.39, 0.29) is 38.2 Å². The number of carbonyl (C=O) groups excluding carboxylic acids is 1. The van der Waals surface area contributed by atoms with Crippen LogP contribution in [0.1, 0.15) is 23.2 Å². The van der Waals surface area contributed by atoms with Crippen molar-refractivity contribution < 1.29 is 18.0 Å². The molecule has 0 bridgehead atoms. The van der Waals surface area contributed by atoms with Gasteiger partial charge in [-0.25, -0.2) is 4.68 Å². The van der Waals surface area contributed by atoms with Crippen molar-refractivity contribution in [3.63, 3.8) is 0 Å². The van der Waals surface area contributed by atoms with E-state index < -0.39 is 17.0 Å². The predicted octanol–water partition coefficient (Wildman–Crippen LogP) is 5.58. The first-order chi connectivity index (χ1) is 15.0. The van der Waals surface area contributed by atoms with Crippen LogP contribution in [0.25, 0.3) is 16.9 Å². The summed E-state index contributed by atoms with van der Waals surface area (Å²) in [4.78, 5) is 12.6. The van der Waals surface area contributed by atoms with Crippen molar-refractivity contribution in [1.82, 2.24) is 19.7 Å². The van der Waals surface area contributed by atoms with Crippen molar-refractivity contribution in [2.45, 2.75) is 28.9 Å².